The lowest BCUT2D eigenvalue weighted by atomic mass is 9.93. The van der Waals surface area contributed by atoms with Gasteiger partial charge in [-0.2, -0.15) is 0 Å². The Balaban J connectivity index is 2.06. The number of carbonyl (C=O) groups is 2. The number of nitrogens with one attached hydrogen (secondary N) is 1. The van der Waals surface area contributed by atoms with Crippen molar-refractivity contribution in [2.75, 3.05) is 12.9 Å². The minimum Gasteiger partial charge on any atom is -0.461 e. The van der Waals surface area contributed by atoms with Gasteiger partial charge in [0.2, 0.25) is 15.7 Å². The first kappa shape index (κ1) is 20.2. The van der Waals surface area contributed by atoms with Crippen molar-refractivity contribution in [1.29, 1.82) is 0 Å². The van der Waals surface area contributed by atoms with Gasteiger partial charge in [0.05, 0.1) is 12.9 Å². The highest BCUT2D eigenvalue weighted by Gasteiger charge is 2.38. The number of hydrogen-bond donors (Lipinski definition) is 1. The van der Waals surface area contributed by atoms with Crippen molar-refractivity contribution < 1.29 is 27.3 Å². The maximum absolute atomic E-state index is 13.4. The number of aromatic nitrogens is 1. The molecule has 1 aliphatic rings. The molecular weight excluding hydrogens is 384 g/mol. The van der Waals surface area contributed by atoms with Gasteiger partial charge >= 0.3 is 5.97 Å². The molecule has 0 radical (unpaired) electrons. The fourth-order valence-electron chi connectivity index (χ4n) is 3.09. The summed E-state index contributed by atoms with van der Waals surface area (Å²) in [5.74, 6) is -0.731. The van der Waals surface area contributed by atoms with Crippen LogP contribution in [0.2, 0.25) is 0 Å². The molecule has 1 aliphatic carbocycles. The number of hydrogen-bond acceptors (Lipinski definition) is 7. The third-order valence-corrected chi connectivity index (χ3v) is 5.21. The van der Waals surface area contributed by atoms with Crippen molar-refractivity contribution in [3.8, 4) is 0 Å². The van der Waals surface area contributed by atoms with Crippen LogP contribution in [-0.2, 0) is 14.8 Å². The molecule has 1 N–H and O–H groups in total. The van der Waals surface area contributed by atoms with Crippen LogP contribution in [0.4, 0.5) is 0 Å². The minimum atomic E-state index is -3.47. The van der Waals surface area contributed by atoms with E-state index in [1.165, 1.54) is 0 Å². The average Bonchev–Trinajstić information content (AvgIpc) is 3.38. The number of esters is 1. The highest BCUT2D eigenvalue weighted by Crippen LogP contribution is 2.43. The molecule has 0 bridgehead atoms. The molecule has 0 saturated heterocycles. The van der Waals surface area contributed by atoms with E-state index in [1.54, 1.807) is 38.1 Å². The molecule has 150 valence electrons. The largest absolute Gasteiger partial charge is 0.461 e. The molecular formula is C19H22N2O6S. The van der Waals surface area contributed by atoms with Crippen LogP contribution in [0.5, 0.6) is 0 Å². The standard InChI is InChI=1S/C19H22N2O6S/c1-4-26-19(23)16-15(18(27-20-16)12-9-10-12)17(22)14-8-6-5-7-13(14)11(2)21-28(3,24)25/h5-8,11-12,21H,4,9-10H2,1-3H3. The molecule has 9 heteroatoms. The summed E-state index contributed by atoms with van der Waals surface area (Å²) < 4.78 is 36.0. The van der Waals surface area contributed by atoms with Crippen LogP contribution in [0.25, 0.3) is 0 Å². The lowest BCUT2D eigenvalue weighted by molar-refractivity contribution is 0.0512. The van der Waals surface area contributed by atoms with Gasteiger partial charge in [-0.15, -0.1) is 0 Å². The van der Waals surface area contributed by atoms with E-state index in [9.17, 15) is 18.0 Å². The van der Waals surface area contributed by atoms with Crippen molar-refractivity contribution in [1.82, 2.24) is 9.88 Å². The molecule has 1 atom stereocenters. The second-order valence-electron chi connectivity index (χ2n) is 6.79. The minimum absolute atomic E-state index is 0.0494. The van der Waals surface area contributed by atoms with Crippen LogP contribution in [0, 0.1) is 0 Å². The summed E-state index contributed by atoms with van der Waals surface area (Å²) in [6, 6.07) is 6.03. The van der Waals surface area contributed by atoms with Crippen LogP contribution < -0.4 is 4.72 Å². The quantitative estimate of drug-likeness (QED) is 0.529. The van der Waals surface area contributed by atoms with E-state index in [1.807, 2.05) is 0 Å². The lowest BCUT2D eigenvalue weighted by Gasteiger charge is -2.16. The lowest BCUT2D eigenvalue weighted by Crippen LogP contribution is -2.27. The Morgan fingerprint density at radius 3 is 2.61 bits per heavy atom. The normalized spacial score (nSPS) is 15.2. The molecule has 0 spiro atoms. The number of rotatable bonds is 8. The van der Waals surface area contributed by atoms with Crippen molar-refractivity contribution in [2.24, 2.45) is 0 Å². The van der Waals surface area contributed by atoms with Gasteiger partial charge in [-0.05, 0) is 32.3 Å². The molecule has 1 fully saturated rings. The van der Waals surface area contributed by atoms with E-state index in [0.717, 1.165) is 19.1 Å². The molecule has 0 aliphatic heterocycles. The number of sulfonamides is 1. The number of nitrogens with zero attached hydrogens (tertiary/aromatic N) is 1. The zero-order chi connectivity index (χ0) is 20.5. The summed E-state index contributed by atoms with van der Waals surface area (Å²) >= 11 is 0. The van der Waals surface area contributed by atoms with Gasteiger partial charge in [-0.1, -0.05) is 29.4 Å². The molecule has 1 aromatic carbocycles. The van der Waals surface area contributed by atoms with Gasteiger partial charge in [-0.3, -0.25) is 4.79 Å². The van der Waals surface area contributed by atoms with E-state index in [0.29, 0.717) is 11.3 Å². The molecule has 0 amide bonds. The van der Waals surface area contributed by atoms with Gasteiger partial charge in [0, 0.05) is 17.5 Å². The molecule has 1 aromatic heterocycles. The van der Waals surface area contributed by atoms with Gasteiger partial charge < -0.3 is 9.26 Å². The summed E-state index contributed by atoms with van der Waals surface area (Å²) in [5, 5.41) is 3.79. The van der Waals surface area contributed by atoms with Crippen LogP contribution in [0.1, 0.15) is 76.4 Å². The van der Waals surface area contributed by atoms with E-state index in [4.69, 9.17) is 9.26 Å². The van der Waals surface area contributed by atoms with E-state index in [2.05, 4.69) is 9.88 Å². The average molecular weight is 406 g/mol. The Hall–Kier alpha value is -2.52. The maximum Gasteiger partial charge on any atom is 0.361 e. The molecule has 8 nitrogen and oxygen atoms in total. The Labute approximate surface area is 163 Å². The van der Waals surface area contributed by atoms with E-state index in [-0.39, 0.29) is 29.3 Å². The van der Waals surface area contributed by atoms with Gasteiger partial charge in [-0.25, -0.2) is 17.9 Å². The van der Waals surface area contributed by atoms with Crippen molar-refractivity contribution in [3.05, 3.63) is 52.4 Å². The van der Waals surface area contributed by atoms with Crippen LogP contribution in [0.3, 0.4) is 0 Å². The first-order chi connectivity index (χ1) is 13.2. The van der Waals surface area contributed by atoms with Crippen LogP contribution in [-0.4, -0.2) is 38.2 Å². The van der Waals surface area contributed by atoms with Crippen molar-refractivity contribution >= 4 is 21.8 Å². The summed E-state index contributed by atoms with van der Waals surface area (Å²) in [6.07, 6.45) is 2.76. The first-order valence-electron chi connectivity index (χ1n) is 9.00. The fraction of sp³-hybridized carbons (Fsp3) is 0.421. The van der Waals surface area contributed by atoms with Crippen molar-refractivity contribution in [3.63, 3.8) is 0 Å². The van der Waals surface area contributed by atoms with E-state index < -0.39 is 27.8 Å². The predicted octanol–water partition coefficient (Wildman–Crippen LogP) is 2.57. The Bertz CT molecular complexity index is 1010. The molecule has 2 aromatic rings. The zero-order valence-corrected chi connectivity index (χ0v) is 16.7. The monoisotopic (exact) mass is 406 g/mol. The molecule has 28 heavy (non-hydrogen) atoms. The first-order valence-corrected chi connectivity index (χ1v) is 10.9. The summed E-state index contributed by atoms with van der Waals surface area (Å²) in [6.45, 7) is 3.45. The Morgan fingerprint density at radius 2 is 2.00 bits per heavy atom. The Morgan fingerprint density at radius 1 is 1.32 bits per heavy atom. The van der Waals surface area contributed by atoms with Crippen LogP contribution in [0.15, 0.2) is 28.8 Å². The van der Waals surface area contributed by atoms with Gasteiger partial charge in [0.25, 0.3) is 0 Å². The smallest absolute Gasteiger partial charge is 0.361 e. The van der Waals surface area contributed by atoms with Crippen LogP contribution >= 0.6 is 0 Å². The summed E-state index contributed by atoms with van der Waals surface area (Å²) in [7, 11) is -3.47. The second kappa shape index (κ2) is 7.84. The SMILES string of the molecule is CCOC(=O)c1noc(C2CC2)c1C(=O)c1ccccc1C(C)NS(C)(=O)=O. The maximum atomic E-state index is 13.4. The highest BCUT2D eigenvalue weighted by atomic mass is 32.2. The number of carbonyl (C=O) groups excluding carboxylic acids is 2. The highest BCUT2D eigenvalue weighted by molar-refractivity contribution is 7.88. The Kier molecular flexibility index (Phi) is 5.66. The third kappa shape index (κ3) is 4.31. The topological polar surface area (TPSA) is 116 Å². The van der Waals surface area contributed by atoms with Gasteiger partial charge in [0.15, 0.2) is 11.5 Å². The molecule has 1 saturated carbocycles. The molecule has 1 unspecified atom stereocenters. The number of ether oxygens (including phenoxy) is 1. The number of ketones is 1. The van der Waals surface area contributed by atoms with Gasteiger partial charge in [0.1, 0.15) is 5.56 Å². The number of benzene rings is 1. The predicted molar refractivity (Wildman–Crippen MR) is 101 cm³/mol. The fourth-order valence-corrected chi connectivity index (χ4v) is 3.86. The van der Waals surface area contributed by atoms with Crippen molar-refractivity contribution in [2.45, 2.75) is 38.6 Å². The molecule has 1 heterocycles. The molecule has 3 rings (SSSR count). The third-order valence-electron chi connectivity index (χ3n) is 4.43. The summed E-state index contributed by atoms with van der Waals surface area (Å²) in [5.41, 5.74) is 0.727. The second-order valence-corrected chi connectivity index (χ2v) is 8.57. The zero-order valence-electron chi connectivity index (χ0n) is 15.9. The summed E-state index contributed by atoms with van der Waals surface area (Å²) in [4.78, 5) is 25.7. The van der Waals surface area contributed by atoms with E-state index >= 15 is 0 Å².